The number of hydrogen-bond donors (Lipinski definition) is 2. The lowest BCUT2D eigenvalue weighted by molar-refractivity contribution is 0.145. The van der Waals surface area contributed by atoms with Crippen molar-refractivity contribution in [3.8, 4) is 5.75 Å². The van der Waals surface area contributed by atoms with Gasteiger partial charge < -0.3 is 20.1 Å². The van der Waals surface area contributed by atoms with Gasteiger partial charge in [-0.2, -0.15) is 0 Å². The van der Waals surface area contributed by atoms with Gasteiger partial charge in [0.1, 0.15) is 10.8 Å². The van der Waals surface area contributed by atoms with Crippen molar-refractivity contribution < 1.29 is 9.47 Å². The Bertz CT molecular complexity index is 700. The average Bonchev–Trinajstić information content (AvgIpc) is 3.01. The Kier molecular flexibility index (Phi) is 12.1. The highest BCUT2D eigenvalue weighted by Crippen LogP contribution is 2.16. The Morgan fingerprint density at radius 1 is 1.18 bits per heavy atom. The predicted octanol–water partition coefficient (Wildman–Crippen LogP) is 4.05. The van der Waals surface area contributed by atoms with Gasteiger partial charge in [-0.05, 0) is 44.9 Å². The summed E-state index contributed by atoms with van der Waals surface area (Å²) in [4.78, 5) is 10.5. The number of thiazole rings is 1. The van der Waals surface area contributed by atoms with Crippen molar-refractivity contribution >= 4 is 41.3 Å². The zero-order valence-electron chi connectivity index (χ0n) is 17.1. The van der Waals surface area contributed by atoms with E-state index in [0.29, 0.717) is 13.1 Å². The molecule has 6 nitrogen and oxygen atoms in total. The molecular weight excluding hydrogens is 487 g/mol. The molecule has 0 aliphatic heterocycles. The molecule has 2 N–H and O–H groups in total. The van der Waals surface area contributed by atoms with Crippen molar-refractivity contribution in [2.75, 3.05) is 26.9 Å². The Hall–Kier alpha value is -1.39. The summed E-state index contributed by atoms with van der Waals surface area (Å²) in [6.07, 6.45) is 0.937. The van der Waals surface area contributed by atoms with E-state index in [4.69, 9.17) is 14.5 Å². The lowest BCUT2D eigenvalue weighted by atomic mass is 10.2. The molecule has 1 aromatic heterocycles. The van der Waals surface area contributed by atoms with E-state index in [9.17, 15) is 0 Å². The van der Waals surface area contributed by atoms with Crippen molar-refractivity contribution in [3.63, 3.8) is 0 Å². The summed E-state index contributed by atoms with van der Waals surface area (Å²) >= 11 is 1.72. The van der Waals surface area contributed by atoms with Crippen molar-refractivity contribution in [2.45, 2.75) is 40.3 Å². The van der Waals surface area contributed by atoms with Gasteiger partial charge in [-0.1, -0.05) is 12.1 Å². The number of aliphatic imine (C=N–C) groups is 1. The number of nitrogens with one attached hydrogen (secondary N) is 2. The van der Waals surface area contributed by atoms with Crippen molar-refractivity contribution in [3.05, 3.63) is 45.4 Å². The number of rotatable bonds is 10. The number of benzene rings is 1. The molecule has 0 aliphatic carbocycles. The maximum Gasteiger partial charge on any atom is 0.191 e. The van der Waals surface area contributed by atoms with Crippen LogP contribution < -0.4 is 15.4 Å². The second-order valence-corrected chi connectivity index (χ2v) is 7.38. The van der Waals surface area contributed by atoms with Gasteiger partial charge in [0.15, 0.2) is 5.96 Å². The van der Waals surface area contributed by atoms with E-state index in [2.05, 4.69) is 22.5 Å². The van der Waals surface area contributed by atoms with Gasteiger partial charge in [-0.3, -0.25) is 0 Å². The summed E-state index contributed by atoms with van der Waals surface area (Å²) < 4.78 is 10.6. The number of guanidine groups is 1. The Morgan fingerprint density at radius 2 is 1.93 bits per heavy atom. The third-order valence-corrected chi connectivity index (χ3v) is 5.09. The van der Waals surface area contributed by atoms with Crippen LogP contribution in [0.4, 0.5) is 0 Å². The van der Waals surface area contributed by atoms with Crippen LogP contribution in [0.15, 0.2) is 29.3 Å². The van der Waals surface area contributed by atoms with E-state index < -0.39 is 0 Å². The molecule has 0 bridgehead atoms. The number of nitrogens with zero attached hydrogens (tertiary/aromatic N) is 2. The number of hydrogen-bond acceptors (Lipinski definition) is 5. The Morgan fingerprint density at radius 3 is 2.54 bits per heavy atom. The van der Waals surface area contributed by atoms with Crippen LogP contribution in [0.25, 0.3) is 0 Å². The lowest BCUT2D eigenvalue weighted by Gasteiger charge is -2.12. The molecule has 0 unspecified atom stereocenters. The topological polar surface area (TPSA) is 67.8 Å². The first-order chi connectivity index (χ1) is 13.1. The molecule has 8 heteroatoms. The van der Waals surface area contributed by atoms with Crippen LogP contribution in [0.3, 0.4) is 0 Å². The van der Waals surface area contributed by atoms with Gasteiger partial charge in [0, 0.05) is 24.6 Å². The summed E-state index contributed by atoms with van der Waals surface area (Å²) in [5.74, 6) is 1.64. The molecule has 0 radical (unpaired) electrons. The van der Waals surface area contributed by atoms with Crippen LogP contribution in [0.1, 0.15) is 34.5 Å². The van der Waals surface area contributed by atoms with E-state index in [1.54, 1.807) is 18.4 Å². The predicted molar refractivity (Wildman–Crippen MR) is 127 cm³/mol. The first-order valence-electron chi connectivity index (χ1n) is 9.28. The maximum atomic E-state index is 5.39. The van der Waals surface area contributed by atoms with E-state index in [0.717, 1.165) is 54.2 Å². The van der Waals surface area contributed by atoms with Crippen LogP contribution in [-0.4, -0.2) is 37.8 Å². The number of methoxy groups -OCH3 is 1. The van der Waals surface area contributed by atoms with Gasteiger partial charge in [-0.25, -0.2) is 9.98 Å². The third kappa shape index (κ3) is 8.74. The molecule has 1 heterocycles. The normalized spacial score (nSPS) is 11.1. The van der Waals surface area contributed by atoms with Crippen LogP contribution in [0.2, 0.25) is 0 Å². The molecule has 0 fully saturated rings. The summed E-state index contributed by atoms with van der Waals surface area (Å²) in [5, 5.41) is 7.82. The molecular formula is C20H31IN4O2S. The monoisotopic (exact) mass is 518 g/mol. The summed E-state index contributed by atoms with van der Waals surface area (Å²) in [6.45, 7) is 9.72. The number of aryl methyl sites for hydroxylation is 2. The molecule has 2 aromatic rings. The van der Waals surface area contributed by atoms with Crippen molar-refractivity contribution in [1.82, 2.24) is 15.6 Å². The van der Waals surface area contributed by atoms with E-state index >= 15 is 0 Å². The molecule has 0 saturated heterocycles. The molecule has 2 rings (SSSR count). The Balaban J connectivity index is 0.00000392. The minimum absolute atomic E-state index is 0. The average molecular weight is 518 g/mol. The third-order valence-electron chi connectivity index (χ3n) is 4.02. The molecule has 28 heavy (non-hydrogen) atoms. The van der Waals surface area contributed by atoms with E-state index in [1.165, 1.54) is 4.88 Å². The number of ether oxygens (including phenoxy) is 2. The minimum atomic E-state index is 0. The molecule has 1 aromatic carbocycles. The van der Waals surface area contributed by atoms with Crippen molar-refractivity contribution in [2.24, 2.45) is 4.99 Å². The molecule has 156 valence electrons. The molecule has 0 saturated carbocycles. The first kappa shape index (κ1) is 24.6. The standard InChI is InChI=1S/C20H30N4O2S.HI/c1-5-26-12-6-11-21-20(23-14-19-24-15(2)16(3)27-19)22-13-17-7-9-18(25-4)10-8-17;/h7-10H,5-6,11-14H2,1-4H3,(H2,21,22,23);1H. The van der Waals surface area contributed by atoms with E-state index in [-0.39, 0.29) is 24.0 Å². The second kappa shape index (κ2) is 13.7. The molecule has 0 amide bonds. The summed E-state index contributed by atoms with van der Waals surface area (Å²) in [6, 6.07) is 7.97. The first-order valence-corrected chi connectivity index (χ1v) is 10.1. The Labute approximate surface area is 189 Å². The van der Waals surface area contributed by atoms with Crippen LogP contribution in [0, 0.1) is 13.8 Å². The SMILES string of the molecule is CCOCCCNC(=NCc1ccc(OC)cc1)NCc1nc(C)c(C)s1.I. The smallest absolute Gasteiger partial charge is 0.191 e. The van der Waals surface area contributed by atoms with E-state index in [1.807, 2.05) is 38.1 Å². The second-order valence-electron chi connectivity index (χ2n) is 6.09. The van der Waals surface area contributed by atoms with Crippen LogP contribution in [-0.2, 0) is 17.8 Å². The summed E-state index contributed by atoms with van der Waals surface area (Å²) in [5.41, 5.74) is 2.23. The minimum Gasteiger partial charge on any atom is -0.497 e. The van der Waals surface area contributed by atoms with Crippen LogP contribution >= 0.6 is 35.3 Å². The molecule has 0 atom stereocenters. The summed E-state index contributed by atoms with van der Waals surface area (Å²) in [7, 11) is 1.67. The van der Waals surface area contributed by atoms with Gasteiger partial charge in [0.25, 0.3) is 0 Å². The largest absolute Gasteiger partial charge is 0.497 e. The van der Waals surface area contributed by atoms with Gasteiger partial charge in [0.05, 0.1) is 25.9 Å². The fourth-order valence-electron chi connectivity index (χ4n) is 2.38. The van der Waals surface area contributed by atoms with Gasteiger partial charge >= 0.3 is 0 Å². The number of aromatic nitrogens is 1. The highest BCUT2D eigenvalue weighted by Gasteiger charge is 2.05. The highest BCUT2D eigenvalue weighted by molar-refractivity contribution is 14.0. The fourth-order valence-corrected chi connectivity index (χ4v) is 3.25. The van der Waals surface area contributed by atoms with Crippen LogP contribution in [0.5, 0.6) is 5.75 Å². The van der Waals surface area contributed by atoms with Gasteiger partial charge in [0.2, 0.25) is 0 Å². The zero-order chi connectivity index (χ0) is 19.5. The van der Waals surface area contributed by atoms with Crippen molar-refractivity contribution in [1.29, 1.82) is 0 Å². The highest BCUT2D eigenvalue weighted by atomic mass is 127. The molecule has 0 spiro atoms. The van der Waals surface area contributed by atoms with Gasteiger partial charge in [-0.15, -0.1) is 35.3 Å². The maximum absolute atomic E-state index is 5.39. The fraction of sp³-hybridized carbons (Fsp3) is 0.500. The number of halogens is 1. The lowest BCUT2D eigenvalue weighted by Crippen LogP contribution is -2.37. The zero-order valence-corrected chi connectivity index (χ0v) is 20.2. The quantitative estimate of drug-likeness (QED) is 0.215. The molecule has 0 aliphatic rings.